The number of nitrogens with one attached hydrogen (secondary N) is 3. The van der Waals surface area contributed by atoms with E-state index in [2.05, 4.69) is 16.0 Å². The minimum absolute atomic E-state index is 0.238. The highest BCUT2D eigenvalue weighted by Crippen LogP contribution is 2.01. The van der Waals surface area contributed by atoms with Crippen molar-refractivity contribution < 1.29 is 39.3 Å². The van der Waals surface area contributed by atoms with Crippen LogP contribution in [0.15, 0.2) is 0 Å². The molecule has 0 rings (SSSR count). The average Bonchev–Trinajstić information content (AvgIpc) is 2.61. The van der Waals surface area contributed by atoms with Gasteiger partial charge in [0.1, 0.15) is 24.2 Å². The van der Waals surface area contributed by atoms with Gasteiger partial charge in [-0.05, 0) is 20.3 Å². The summed E-state index contributed by atoms with van der Waals surface area (Å²) in [6, 6.07) is -5.47. The van der Waals surface area contributed by atoms with Gasteiger partial charge in [-0.15, -0.1) is 0 Å². The van der Waals surface area contributed by atoms with Crippen LogP contribution in [0.2, 0.25) is 0 Å². The molecule has 0 aromatic heterocycles. The first-order chi connectivity index (χ1) is 12.9. The maximum atomic E-state index is 12.3. The molecule has 0 heterocycles. The molecule has 0 aliphatic rings. The van der Waals surface area contributed by atoms with Gasteiger partial charge >= 0.3 is 5.97 Å². The number of primary amides is 1. The summed E-state index contributed by atoms with van der Waals surface area (Å²) in [5.74, 6) is -4.87. The number of carbonyl (C=O) groups excluding carboxylic acids is 4. The maximum absolute atomic E-state index is 12.3. The third-order valence-electron chi connectivity index (χ3n) is 3.68. The van der Waals surface area contributed by atoms with E-state index in [4.69, 9.17) is 16.6 Å². The number of hydrogen-bond acceptors (Lipinski definition) is 8. The molecule has 0 aliphatic heterocycles. The Morgan fingerprint density at radius 3 is 1.86 bits per heavy atom. The summed E-state index contributed by atoms with van der Waals surface area (Å²) in [4.78, 5) is 58.1. The number of carbonyl (C=O) groups is 5. The van der Waals surface area contributed by atoms with E-state index < -0.39 is 66.5 Å². The molecule has 0 spiro atoms. The minimum atomic E-state index is -1.50. The molecule has 0 fully saturated rings. The van der Waals surface area contributed by atoms with E-state index in [1.807, 2.05) is 0 Å². The highest BCUT2D eigenvalue weighted by Gasteiger charge is 2.30. The summed E-state index contributed by atoms with van der Waals surface area (Å²) in [6.45, 7) is 1.60. The summed E-state index contributed by atoms with van der Waals surface area (Å²) >= 11 is 0. The predicted octanol–water partition coefficient (Wildman–Crippen LogP) is -4.49. The molecular formula is C15H27N5O8. The largest absolute Gasteiger partial charge is 0.480 e. The van der Waals surface area contributed by atoms with E-state index in [0.717, 1.165) is 0 Å². The first-order valence-corrected chi connectivity index (χ1v) is 8.37. The second kappa shape index (κ2) is 11.8. The van der Waals surface area contributed by atoms with E-state index >= 15 is 0 Å². The molecule has 5 unspecified atom stereocenters. The Morgan fingerprint density at radius 2 is 1.43 bits per heavy atom. The molecule has 4 amide bonds. The van der Waals surface area contributed by atoms with Crippen LogP contribution in [0.5, 0.6) is 0 Å². The zero-order chi connectivity index (χ0) is 22.0. The van der Waals surface area contributed by atoms with Gasteiger partial charge in [0.25, 0.3) is 0 Å². The average molecular weight is 405 g/mol. The summed E-state index contributed by atoms with van der Waals surface area (Å²) in [5, 5.41) is 33.9. The molecule has 0 bridgehead atoms. The minimum Gasteiger partial charge on any atom is -0.480 e. The lowest BCUT2D eigenvalue weighted by Gasteiger charge is -2.24. The van der Waals surface area contributed by atoms with Crippen LogP contribution in [0, 0.1) is 0 Å². The Balaban J connectivity index is 5.16. The number of amides is 4. The molecule has 10 N–H and O–H groups in total. The summed E-state index contributed by atoms with van der Waals surface area (Å²) in [7, 11) is 0. The predicted molar refractivity (Wildman–Crippen MR) is 94.3 cm³/mol. The van der Waals surface area contributed by atoms with E-state index in [1.165, 1.54) is 13.8 Å². The molecule has 0 aromatic carbocycles. The fraction of sp³-hybridized carbons (Fsp3) is 0.667. The van der Waals surface area contributed by atoms with E-state index in [9.17, 15) is 34.2 Å². The Bertz CT molecular complexity index is 597. The van der Waals surface area contributed by atoms with Crippen LogP contribution in [0.3, 0.4) is 0 Å². The molecule has 0 saturated heterocycles. The summed E-state index contributed by atoms with van der Waals surface area (Å²) < 4.78 is 0. The molecular weight excluding hydrogens is 378 g/mol. The number of carboxylic acid groups (broad SMARTS) is 1. The lowest BCUT2D eigenvalue weighted by atomic mass is 10.1. The Hall–Kier alpha value is -2.77. The van der Waals surface area contributed by atoms with Gasteiger partial charge in [-0.1, -0.05) is 0 Å². The number of carboxylic acids is 1. The zero-order valence-corrected chi connectivity index (χ0v) is 15.5. The van der Waals surface area contributed by atoms with Gasteiger partial charge in [0, 0.05) is 6.42 Å². The monoisotopic (exact) mass is 405 g/mol. The molecule has 0 aromatic rings. The molecule has 28 heavy (non-hydrogen) atoms. The van der Waals surface area contributed by atoms with Crippen molar-refractivity contribution in [3.8, 4) is 0 Å². The molecule has 0 saturated carbocycles. The van der Waals surface area contributed by atoms with Crippen LogP contribution < -0.4 is 27.4 Å². The number of aliphatic carboxylic acids is 1. The number of aliphatic hydroxyl groups excluding tert-OH is 2. The Kier molecular flexibility index (Phi) is 10.7. The standard InChI is InChI=1S/C15H27N5O8/c1-6(15(27)28)18-12(24)8(3-4-10(16)23)19-13(25)9(5-21)20-14(26)11(17)7(2)22/h6-9,11,21-22H,3-5,17H2,1-2H3,(H2,16,23)(H,18,24)(H,19,25)(H,20,26)(H,27,28). The van der Waals surface area contributed by atoms with E-state index in [-0.39, 0.29) is 12.8 Å². The van der Waals surface area contributed by atoms with E-state index in [0.29, 0.717) is 0 Å². The lowest BCUT2D eigenvalue weighted by Crippen LogP contribution is -2.59. The van der Waals surface area contributed by atoms with Gasteiger partial charge in [-0.3, -0.25) is 24.0 Å². The normalized spacial score (nSPS) is 16.0. The van der Waals surface area contributed by atoms with Crippen LogP contribution in [0.4, 0.5) is 0 Å². The van der Waals surface area contributed by atoms with Crippen molar-refractivity contribution in [3.63, 3.8) is 0 Å². The van der Waals surface area contributed by atoms with Crippen molar-refractivity contribution >= 4 is 29.6 Å². The SMILES string of the molecule is CC(NC(=O)C(CCC(N)=O)NC(=O)C(CO)NC(=O)C(N)C(C)O)C(=O)O. The molecule has 0 aliphatic carbocycles. The van der Waals surface area contributed by atoms with Crippen LogP contribution in [0.1, 0.15) is 26.7 Å². The van der Waals surface area contributed by atoms with Crippen molar-refractivity contribution in [2.24, 2.45) is 11.5 Å². The molecule has 13 nitrogen and oxygen atoms in total. The topological polar surface area (TPSA) is 234 Å². The van der Waals surface area contributed by atoms with Crippen molar-refractivity contribution in [3.05, 3.63) is 0 Å². The Labute approximate surface area is 160 Å². The van der Waals surface area contributed by atoms with Crippen LogP contribution in [0.25, 0.3) is 0 Å². The van der Waals surface area contributed by atoms with Crippen LogP contribution in [-0.4, -0.2) is 81.8 Å². The van der Waals surface area contributed by atoms with Gasteiger partial charge in [-0.2, -0.15) is 0 Å². The Morgan fingerprint density at radius 1 is 0.929 bits per heavy atom. The first-order valence-electron chi connectivity index (χ1n) is 8.37. The van der Waals surface area contributed by atoms with Crippen molar-refractivity contribution in [1.29, 1.82) is 0 Å². The lowest BCUT2D eigenvalue weighted by molar-refractivity contribution is -0.142. The maximum Gasteiger partial charge on any atom is 0.325 e. The van der Waals surface area contributed by atoms with Gasteiger partial charge in [-0.25, -0.2) is 0 Å². The molecule has 5 atom stereocenters. The van der Waals surface area contributed by atoms with Gasteiger partial charge < -0.3 is 42.7 Å². The molecule has 160 valence electrons. The van der Waals surface area contributed by atoms with Crippen molar-refractivity contribution in [1.82, 2.24) is 16.0 Å². The van der Waals surface area contributed by atoms with Crippen LogP contribution in [-0.2, 0) is 24.0 Å². The van der Waals surface area contributed by atoms with E-state index in [1.54, 1.807) is 0 Å². The second-order valence-electron chi connectivity index (χ2n) is 6.14. The quantitative estimate of drug-likeness (QED) is 0.156. The number of nitrogens with two attached hydrogens (primary N) is 2. The first kappa shape index (κ1) is 25.2. The van der Waals surface area contributed by atoms with Crippen LogP contribution >= 0.6 is 0 Å². The van der Waals surface area contributed by atoms with Crippen molar-refractivity contribution in [2.45, 2.75) is 57.0 Å². The second-order valence-corrected chi connectivity index (χ2v) is 6.14. The number of aliphatic hydroxyl groups is 2. The number of rotatable bonds is 12. The van der Waals surface area contributed by atoms with Crippen molar-refractivity contribution in [2.75, 3.05) is 6.61 Å². The molecule has 0 radical (unpaired) electrons. The fourth-order valence-corrected chi connectivity index (χ4v) is 1.88. The molecule has 13 heteroatoms. The third kappa shape index (κ3) is 8.75. The highest BCUT2D eigenvalue weighted by atomic mass is 16.4. The highest BCUT2D eigenvalue weighted by molar-refractivity contribution is 5.94. The smallest absolute Gasteiger partial charge is 0.325 e. The zero-order valence-electron chi connectivity index (χ0n) is 15.5. The van der Waals surface area contributed by atoms with Gasteiger partial charge in [0.15, 0.2) is 0 Å². The van der Waals surface area contributed by atoms with Gasteiger partial charge in [0.05, 0.1) is 12.7 Å². The number of hydrogen-bond donors (Lipinski definition) is 8. The summed E-state index contributed by atoms with van der Waals surface area (Å²) in [6.07, 6.45) is -1.74. The van der Waals surface area contributed by atoms with Gasteiger partial charge in [0.2, 0.25) is 23.6 Å². The third-order valence-corrected chi connectivity index (χ3v) is 3.68. The summed E-state index contributed by atoms with van der Waals surface area (Å²) in [5.41, 5.74) is 10.5. The fourth-order valence-electron chi connectivity index (χ4n) is 1.88.